The first-order valence-corrected chi connectivity index (χ1v) is 5.50. The molecule has 2 aromatic heterocycles. The Morgan fingerprint density at radius 3 is 3.13 bits per heavy atom. The van der Waals surface area contributed by atoms with Crippen LogP contribution in [-0.2, 0) is 4.74 Å². The second kappa shape index (κ2) is 4.12. The number of nitrogens with one attached hydrogen (secondary N) is 1. The van der Waals surface area contributed by atoms with Crippen molar-refractivity contribution in [1.29, 1.82) is 0 Å². The lowest BCUT2D eigenvalue weighted by Crippen LogP contribution is -2.04. The first-order valence-electron chi connectivity index (χ1n) is 4.68. The number of hydrogen-bond acceptors (Lipinski definition) is 4. The molecule has 0 amide bonds. The van der Waals surface area contributed by atoms with E-state index in [9.17, 15) is 4.79 Å². The van der Waals surface area contributed by atoms with E-state index in [1.54, 1.807) is 18.4 Å². The summed E-state index contributed by atoms with van der Waals surface area (Å²) in [5.74, 6) is 0.300. The number of hydrogen-bond donors (Lipinski definition) is 1. The highest BCUT2D eigenvalue weighted by Gasteiger charge is 2.11. The number of H-pyrrole nitrogens is 1. The van der Waals surface area contributed by atoms with Crippen LogP contribution in [0.3, 0.4) is 0 Å². The molecule has 0 fully saturated rings. The molecular weight excluding hydrogens is 212 g/mol. The second-order valence-corrected chi connectivity index (χ2v) is 4.52. The molecule has 5 heteroatoms. The molecular formula is C10H12N2O2S. The lowest BCUT2D eigenvalue weighted by molar-refractivity contribution is 0.185. The predicted octanol–water partition coefficient (Wildman–Crippen LogP) is 1.73. The maximum Gasteiger partial charge on any atom is 0.259 e. The van der Waals surface area contributed by atoms with E-state index in [0.29, 0.717) is 17.9 Å². The molecule has 4 nitrogen and oxygen atoms in total. The summed E-state index contributed by atoms with van der Waals surface area (Å²) >= 11 is 1.55. The molecule has 0 aliphatic carbocycles. The van der Waals surface area contributed by atoms with Crippen molar-refractivity contribution in [3.63, 3.8) is 0 Å². The fraction of sp³-hybridized carbons (Fsp3) is 0.400. The lowest BCUT2D eigenvalue weighted by Gasteiger charge is -2.05. The molecule has 2 rings (SSSR count). The Hall–Kier alpha value is -1.20. The molecule has 2 heterocycles. The number of aromatic nitrogens is 2. The van der Waals surface area contributed by atoms with Crippen molar-refractivity contribution < 1.29 is 4.74 Å². The Balaban J connectivity index is 2.47. The molecule has 0 aromatic carbocycles. The molecule has 1 unspecified atom stereocenters. The number of ether oxygens (including phenoxy) is 1. The Labute approximate surface area is 90.9 Å². The van der Waals surface area contributed by atoms with E-state index in [2.05, 4.69) is 16.9 Å². The number of aromatic amines is 1. The molecule has 0 saturated heterocycles. The van der Waals surface area contributed by atoms with Gasteiger partial charge in [0.15, 0.2) is 0 Å². The Kier molecular flexibility index (Phi) is 2.83. The second-order valence-electron chi connectivity index (χ2n) is 3.46. The van der Waals surface area contributed by atoms with Gasteiger partial charge in [-0.05, 0) is 6.07 Å². The minimum atomic E-state index is -0.0767. The summed E-state index contributed by atoms with van der Waals surface area (Å²) < 4.78 is 5.08. The van der Waals surface area contributed by atoms with Gasteiger partial charge in [0.2, 0.25) is 0 Å². The minimum absolute atomic E-state index is 0.0767. The summed E-state index contributed by atoms with van der Waals surface area (Å²) in [4.78, 5) is 20.1. The number of nitrogens with zero attached hydrogens (tertiary/aromatic N) is 1. The highest BCUT2D eigenvalue weighted by Crippen LogP contribution is 2.27. The van der Waals surface area contributed by atoms with Gasteiger partial charge in [-0.15, -0.1) is 11.3 Å². The zero-order valence-corrected chi connectivity index (χ0v) is 9.43. The highest BCUT2D eigenvalue weighted by atomic mass is 32.1. The van der Waals surface area contributed by atoms with Crippen molar-refractivity contribution in [3.8, 4) is 0 Å². The topological polar surface area (TPSA) is 55.0 Å². The van der Waals surface area contributed by atoms with Gasteiger partial charge in [-0.2, -0.15) is 0 Å². The van der Waals surface area contributed by atoms with E-state index in [0.717, 1.165) is 9.71 Å². The van der Waals surface area contributed by atoms with E-state index in [4.69, 9.17) is 4.74 Å². The molecule has 0 aliphatic rings. The van der Waals surface area contributed by atoms with Crippen LogP contribution < -0.4 is 5.56 Å². The van der Waals surface area contributed by atoms with E-state index in [1.807, 2.05) is 6.07 Å². The summed E-state index contributed by atoms with van der Waals surface area (Å²) in [6.07, 6.45) is 1.44. The van der Waals surface area contributed by atoms with Crippen molar-refractivity contribution in [1.82, 2.24) is 9.97 Å². The zero-order chi connectivity index (χ0) is 10.8. The van der Waals surface area contributed by atoms with E-state index < -0.39 is 0 Å². The molecule has 0 bridgehead atoms. The largest absolute Gasteiger partial charge is 0.384 e. The van der Waals surface area contributed by atoms with Gasteiger partial charge in [0.05, 0.1) is 18.3 Å². The number of rotatable bonds is 3. The van der Waals surface area contributed by atoms with Gasteiger partial charge in [-0.25, -0.2) is 4.98 Å². The van der Waals surface area contributed by atoms with Crippen molar-refractivity contribution in [2.45, 2.75) is 12.8 Å². The quantitative estimate of drug-likeness (QED) is 0.863. The first kappa shape index (κ1) is 10.3. The van der Waals surface area contributed by atoms with Crippen LogP contribution in [0.25, 0.3) is 10.2 Å². The van der Waals surface area contributed by atoms with Crippen molar-refractivity contribution in [2.75, 3.05) is 13.7 Å². The van der Waals surface area contributed by atoms with Crippen LogP contribution in [0.4, 0.5) is 0 Å². The minimum Gasteiger partial charge on any atom is -0.384 e. The molecule has 1 atom stereocenters. The maximum absolute atomic E-state index is 11.5. The fourth-order valence-electron chi connectivity index (χ4n) is 1.46. The predicted molar refractivity (Wildman–Crippen MR) is 60.5 cm³/mol. The van der Waals surface area contributed by atoms with E-state index in [-0.39, 0.29) is 5.56 Å². The van der Waals surface area contributed by atoms with Gasteiger partial charge in [0, 0.05) is 17.9 Å². The average molecular weight is 224 g/mol. The Morgan fingerprint density at radius 1 is 1.67 bits per heavy atom. The summed E-state index contributed by atoms with van der Waals surface area (Å²) in [6, 6.07) is 1.90. The average Bonchev–Trinajstić information content (AvgIpc) is 2.63. The standard InChI is InChI=1S/C10H12N2O2S/c1-6(4-14-2)8-3-7-9(13)11-5-12-10(7)15-8/h3,5-6H,4H2,1-2H3,(H,11,12,13). The summed E-state index contributed by atoms with van der Waals surface area (Å²) in [5.41, 5.74) is -0.0767. The van der Waals surface area contributed by atoms with Crippen LogP contribution in [0.2, 0.25) is 0 Å². The first-order chi connectivity index (χ1) is 7.22. The molecule has 0 spiro atoms. The van der Waals surface area contributed by atoms with Gasteiger partial charge in [-0.3, -0.25) is 4.79 Å². The van der Waals surface area contributed by atoms with Crippen LogP contribution in [0.5, 0.6) is 0 Å². The van der Waals surface area contributed by atoms with E-state index in [1.165, 1.54) is 6.33 Å². The third kappa shape index (κ3) is 1.93. The third-order valence-electron chi connectivity index (χ3n) is 2.26. The monoisotopic (exact) mass is 224 g/mol. The van der Waals surface area contributed by atoms with Crippen LogP contribution >= 0.6 is 11.3 Å². The molecule has 0 radical (unpaired) electrons. The van der Waals surface area contributed by atoms with Crippen LogP contribution in [0.1, 0.15) is 17.7 Å². The normalized spacial score (nSPS) is 13.2. The zero-order valence-electron chi connectivity index (χ0n) is 8.61. The third-order valence-corrected chi connectivity index (χ3v) is 3.53. The van der Waals surface area contributed by atoms with Crippen molar-refractivity contribution in [3.05, 3.63) is 27.6 Å². The highest BCUT2D eigenvalue weighted by molar-refractivity contribution is 7.18. The Morgan fingerprint density at radius 2 is 2.47 bits per heavy atom. The molecule has 0 saturated carbocycles. The van der Waals surface area contributed by atoms with Crippen molar-refractivity contribution in [2.24, 2.45) is 0 Å². The molecule has 15 heavy (non-hydrogen) atoms. The smallest absolute Gasteiger partial charge is 0.259 e. The lowest BCUT2D eigenvalue weighted by atomic mass is 10.1. The Bertz CT molecular complexity index is 517. The van der Waals surface area contributed by atoms with Gasteiger partial charge in [-0.1, -0.05) is 6.92 Å². The summed E-state index contributed by atoms with van der Waals surface area (Å²) in [7, 11) is 1.68. The summed E-state index contributed by atoms with van der Waals surface area (Å²) in [6.45, 7) is 2.73. The van der Waals surface area contributed by atoms with Crippen LogP contribution in [0, 0.1) is 0 Å². The summed E-state index contributed by atoms with van der Waals surface area (Å²) in [5, 5.41) is 0.667. The van der Waals surface area contributed by atoms with Gasteiger partial charge < -0.3 is 9.72 Å². The SMILES string of the molecule is COCC(C)c1cc2c(=O)[nH]cnc2s1. The number of fused-ring (bicyclic) bond motifs is 1. The molecule has 2 aromatic rings. The maximum atomic E-state index is 11.5. The van der Waals surface area contributed by atoms with Gasteiger partial charge in [0.1, 0.15) is 4.83 Å². The number of thiophene rings is 1. The molecule has 80 valence electrons. The molecule has 0 aliphatic heterocycles. The molecule has 1 N–H and O–H groups in total. The van der Waals surface area contributed by atoms with Crippen molar-refractivity contribution >= 4 is 21.6 Å². The van der Waals surface area contributed by atoms with E-state index >= 15 is 0 Å². The van der Waals surface area contributed by atoms with Crippen LogP contribution in [0.15, 0.2) is 17.2 Å². The number of methoxy groups -OCH3 is 1. The fourth-order valence-corrected chi connectivity index (χ4v) is 2.50. The van der Waals surface area contributed by atoms with Gasteiger partial charge in [0.25, 0.3) is 5.56 Å². The van der Waals surface area contributed by atoms with Gasteiger partial charge >= 0.3 is 0 Å². The van der Waals surface area contributed by atoms with Crippen LogP contribution in [-0.4, -0.2) is 23.7 Å².